The van der Waals surface area contributed by atoms with Crippen LogP contribution in [0.15, 0.2) is 180 Å². The molecule has 0 radical (unpaired) electrons. The van der Waals surface area contributed by atoms with Crippen LogP contribution < -0.4 is 4.90 Å². The number of hydrogen-bond donors (Lipinski definition) is 0. The Kier molecular flexibility index (Phi) is 6.33. The highest BCUT2D eigenvalue weighted by Crippen LogP contribution is 2.65. The molecule has 0 N–H and O–H groups in total. The first-order valence-corrected chi connectivity index (χ1v) is 18.4. The minimum Gasteiger partial charge on any atom is -0.454 e. The predicted octanol–water partition coefficient (Wildman–Crippen LogP) is 13.7. The van der Waals surface area contributed by atoms with E-state index in [1.165, 1.54) is 66.8 Å². The van der Waals surface area contributed by atoms with E-state index in [1.807, 2.05) is 0 Å². The number of nitrogens with zero attached hydrogens (tertiary/aromatic N) is 1. The van der Waals surface area contributed by atoms with E-state index in [9.17, 15) is 0 Å². The maximum Gasteiger partial charge on any atom is 0.160 e. The smallest absolute Gasteiger partial charge is 0.160 e. The lowest BCUT2D eigenvalue weighted by molar-refractivity contribution is 0.668. The number of hydrogen-bond acceptors (Lipinski definition) is 2. The third-order valence-corrected chi connectivity index (χ3v) is 11.7. The molecule has 250 valence electrons. The van der Waals surface area contributed by atoms with Crippen molar-refractivity contribution in [2.24, 2.45) is 0 Å². The average Bonchev–Trinajstić information content (AvgIpc) is 3.84. The van der Waals surface area contributed by atoms with Crippen molar-refractivity contribution in [2.45, 2.75) is 19.3 Å². The number of fused-ring (bicyclic) bond motifs is 14. The highest BCUT2D eigenvalue weighted by Gasteiger charge is 2.52. The van der Waals surface area contributed by atoms with E-state index < -0.39 is 5.41 Å². The summed E-state index contributed by atoms with van der Waals surface area (Å²) >= 11 is 0. The molecule has 1 aromatic heterocycles. The quantitative estimate of drug-likeness (QED) is 0.184. The molecule has 2 aliphatic rings. The third-order valence-electron chi connectivity index (χ3n) is 11.7. The lowest BCUT2D eigenvalue weighted by Gasteiger charge is -2.33. The molecule has 0 aliphatic heterocycles. The van der Waals surface area contributed by atoms with E-state index in [2.05, 4.69) is 195 Å². The highest BCUT2D eigenvalue weighted by atomic mass is 16.3. The molecule has 8 aromatic carbocycles. The first-order valence-electron chi connectivity index (χ1n) is 18.4. The van der Waals surface area contributed by atoms with Gasteiger partial charge in [-0.2, -0.15) is 0 Å². The maximum atomic E-state index is 7.07. The van der Waals surface area contributed by atoms with Gasteiger partial charge in [0, 0.05) is 22.1 Å². The van der Waals surface area contributed by atoms with E-state index in [4.69, 9.17) is 4.42 Å². The van der Waals surface area contributed by atoms with Crippen LogP contribution in [-0.4, -0.2) is 0 Å². The van der Waals surface area contributed by atoms with Gasteiger partial charge in [-0.1, -0.05) is 146 Å². The van der Waals surface area contributed by atoms with Crippen LogP contribution in [0.5, 0.6) is 0 Å². The summed E-state index contributed by atoms with van der Waals surface area (Å²) in [5, 5.41) is 2.29. The van der Waals surface area contributed by atoms with Crippen LogP contribution in [0.25, 0.3) is 55.3 Å². The Labute approximate surface area is 309 Å². The molecule has 11 rings (SSSR count). The number of aryl methyl sites for hydroxylation is 2. The van der Waals surface area contributed by atoms with Crippen LogP contribution in [0.4, 0.5) is 17.1 Å². The Hall–Kier alpha value is -6.64. The van der Waals surface area contributed by atoms with Gasteiger partial charge in [-0.3, -0.25) is 0 Å². The Morgan fingerprint density at radius 3 is 1.79 bits per heavy atom. The normalized spacial score (nSPS) is 13.2. The van der Waals surface area contributed by atoms with Gasteiger partial charge in [0.05, 0.1) is 11.1 Å². The summed E-state index contributed by atoms with van der Waals surface area (Å²) in [6.45, 7) is 4.41. The predicted molar refractivity (Wildman–Crippen MR) is 220 cm³/mol. The molecule has 0 saturated carbocycles. The minimum absolute atomic E-state index is 0.500. The summed E-state index contributed by atoms with van der Waals surface area (Å²) < 4.78 is 7.07. The molecular weight excluding hydrogens is 643 g/mol. The number of rotatable bonds is 4. The standard InChI is InChI=1S/C51H35NO/c1-32-28-29-35(30-40(32)34-17-4-3-5-18-34)52(45-26-14-6-16-33(45)2)46-31-44-48(49-39-22-10-15-27-47(39)53-50(46)49)38-21-9-13-25-43(38)51(44)41-23-11-7-19-36(41)37-20-8-12-24-42(37)51/h3-31H,1-2H3. The van der Waals surface area contributed by atoms with E-state index in [0.29, 0.717) is 0 Å². The van der Waals surface area contributed by atoms with E-state index in [1.54, 1.807) is 0 Å². The zero-order valence-corrected chi connectivity index (χ0v) is 29.6. The van der Waals surface area contributed by atoms with Gasteiger partial charge < -0.3 is 9.32 Å². The van der Waals surface area contributed by atoms with Gasteiger partial charge in [0.2, 0.25) is 0 Å². The van der Waals surface area contributed by atoms with E-state index in [0.717, 1.165) is 39.0 Å². The molecule has 53 heavy (non-hydrogen) atoms. The van der Waals surface area contributed by atoms with Crippen molar-refractivity contribution < 1.29 is 4.42 Å². The van der Waals surface area contributed by atoms with Crippen molar-refractivity contribution in [3.05, 3.63) is 209 Å². The monoisotopic (exact) mass is 677 g/mol. The first-order chi connectivity index (χ1) is 26.1. The summed E-state index contributed by atoms with van der Waals surface area (Å²) in [5.41, 5.74) is 19.7. The summed E-state index contributed by atoms with van der Waals surface area (Å²) in [4.78, 5) is 2.44. The minimum atomic E-state index is -0.500. The molecule has 1 heterocycles. The van der Waals surface area contributed by atoms with Crippen molar-refractivity contribution >= 4 is 39.0 Å². The van der Waals surface area contributed by atoms with Crippen LogP contribution in [0, 0.1) is 13.8 Å². The fourth-order valence-electron chi connectivity index (χ4n) is 9.51. The molecule has 2 nitrogen and oxygen atoms in total. The van der Waals surface area contributed by atoms with Crippen molar-refractivity contribution in [2.75, 3.05) is 4.90 Å². The molecule has 0 amide bonds. The zero-order chi connectivity index (χ0) is 35.3. The van der Waals surface area contributed by atoms with Gasteiger partial charge in [-0.05, 0) is 111 Å². The van der Waals surface area contributed by atoms with Gasteiger partial charge in [-0.15, -0.1) is 0 Å². The summed E-state index contributed by atoms with van der Waals surface area (Å²) in [7, 11) is 0. The molecule has 0 atom stereocenters. The van der Waals surface area contributed by atoms with Gasteiger partial charge in [0.15, 0.2) is 5.58 Å². The average molecular weight is 678 g/mol. The summed E-state index contributed by atoms with van der Waals surface area (Å²) in [5.74, 6) is 0. The zero-order valence-electron chi connectivity index (χ0n) is 29.6. The molecule has 0 fully saturated rings. The Morgan fingerprint density at radius 1 is 0.453 bits per heavy atom. The molecule has 9 aromatic rings. The largest absolute Gasteiger partial charge is 0.454 e. The fraction of sp³-hybridized carbons (Fsp3) is 0.0588. The molecule has 0 unspecified atom stereocenters. The second-order valence-corrected chi connectivity index (χ2v) is 14.5. The second kappa shape index (κ2) is 11.2. The fourth-order valence-corrected chi connectivity index (χ4v) is 9.51. The molecule has 0 bridgehead atoms. The second-order valence-electron chi connectivity index (χ2n) is 14.5. The van der Waals surface area contributed by atoms with E-state index >= 15 is 0 Å². The van der Waals surface area contributed by atoms with Crippen LogP contribution in [-0.2, 0) is 5.41 Å². The van der Waals surface area contributed by atoms with Crippen LogP contribution in [0.2, 0.25) is 0 Å². The SMILES string of the molecule is Cc1ccc(N(c2ccccc2C)c2cc3c(c4c2oc2ccccc24)-c2ccccc2C32c3ccccc3-c3ccccc32)cc1-c1ccccc1. The Bertz CT molecular complexity index is 2890. The van der Waals surface area contributed by atoms with Gasteiger partial charge in [0.1, 0.15) is 5.58 Å². The third kappa shape index (κ3) is 4.04. The Balaban J connectivity index is 1.32. The van der Waals surface area contributed by atoms with Crippen LogP contribution in [0.1, 0.15) is 33.4 Å². The number of benzene rings is 8. The molecule has 0 saturated heterocycles. The van der Waals surface area contributed by atoms with Crippen LogP contribution in [0.3, 0.4) is 0 Å². The Morgan fingerprint density at radius 2 is 1.06 bits per heavy atom. The maximum absolute atomic E-state index is 7.07. The molecule has 2 aliphatic carbocycles. The lowest BCUT2D eigenvalue weighted by Crippen LogP contribution is -2.26. The van der Waals surface area contributed by atoms with Crippen molar-refractivity contribution in [1.82, 2.24) is 0 Å². The molecule has 2 heteroatoms. The first kappa shape index (κ1) is 30.0. The lowest BCUT2D eigenvalue weighted by atomic mass is 9.70. The van der Waals surface area contributed by atoms with Crippen molar-refractivity contribution in [3.63, 3.8) is 0 Å². The molecular formula is C51H35NO. The van der Waals surface area contributed by atoms with Gasteiger partial charge >= 0.3 is 0 Å². The summed E-state index contributed by atoms with van der Waals surface area (Å²) in [6, 6.07) is 64.5. The van der Waals surface area contributed by atoms with E-state index in [-0.39, 0.29) is 0 Å². The summed E-state index contributed by atoms with van der Waals surface area (Å²) in [6.07, 6.45) is 0. The topological polar surface area (TPSA) is 16.4 Å². The number of furan rings is 1. The van der Waals surface area contributed by atoms with Crippen molar-refractivity contribution in [1.29, 1.82) is 0 Å². The number of anilines is 3. The van der Waals surface area contributed by atoms with Gasteiger partial charge in [-0.25, -0.2) is 0 Å². The van der Waals surface area contributed by atoms with Crippen molar-refractivity contribution in [3.8, 4) is 33.4 Å². The molecule has 1 spiro atoms. The van der Waals surface area contributed by atoms with Gasteiger partial charge in [0.25, 0.3) is 0 Å². The van der Waals surface area contributed by atoms with Crippen LogP contribution >= 0.6 is 0 Å². The number of para-hydroxylation sites is 2. The highest BCUT2D eigenvalue weighted by molar-refractivity contribution is 6.20.